The third kappa shape index (κ3) is 3.72. The van der Waals surface area contributed by atoms with Gasteiger partial charge in [0.15, 0.2) is 0 Å². The average Bonchev–Trinajstić information content (AvgIpc) is 2.39. The van der Waals surface area contributed by atoms with Gasteiger partial charge in [-0.25, -0.2) is 4.39 Å². The van der Waals surface area contributed by atoms with Crippen molar-refractivity contribution in [3.63, 3.8) is 0 Å². The van der Waals surface area contributed by atoms with Crippen LogP contribution in [0.15, 0.2) is 24.3 Å². The van der Waals surface area contributed by atoms with E-state index in [1.54, 1.807) is 12.1 Å². The molecule has 1 saturated carbocycles. The number of hydrogen-bond acceptors (Lipinski definition) is 2. The molecular formula is C15H22FNS. The van der Waals surface area contributed by atoms with Crippen molar-refractivity contribution in [1.29, 1.82) is 0 Å². The highest BCUT2D eigenvalue weighted by Crippen LogP contribution is 2.28. The monoisotopic (exact) mass is 267 g/mol. The Balaban J connectivity index is 1.92. The van der Waals surface area contributed by atoms with Crippen LogP contribution in [0.3, 0.4) is 0 Å². The fraction of sp³-hybridized carbons (Fsp3) is 0.600. The lowest BCUT2D eigenvalue weighted by Gasteiger charge is -2.31. The summed E-state index contributed by atoms with van der Waals surface area (Å²) in [5.74, 6) is -0.146. The van der Waals surface area contributed by atoms with Crippen LogP contribution in [0, 0.1) is 5.82 Å². The summed E-state index contributed by atoms with van der Waals surface area (Å²) in [4.78, 5) is 0. The van der Waals surface area contributed by atoms with E-state index in [2.05, 4.69) is 18.5 Å². The molecule has 1 aromatic rings. The molecule has 1 N–H and O–H groups in total. The highest BCUT2D eigenvalue weighted by Gasteiger charge is 2.22. The number of nitrogens with one attached hydrogen (secondary N) is 1. The van der Waals surface area contributed by atoms with E-state index >= 15 is 0 Å². The first-order valence-electron chi connectivity index (χ1n) is 6.73. The third-order valence-corrected chi connectivity index (χ3v) is 4.89. The summed E-state index contributed by atoms with van der Waals surface area (Å²) in [6.45, 7) is 2.12. The van der Waals surface area contributed by atoms with Crippen molar-refractivity contribution in [2.45, 2.75) is 49.9 Å². The Morgan fingerprint density at radius 1 is 1.39 bits per heavy atom. The van der Waals surface area contributed by atoms with Gasteiger partial charge in [-0.15, -0.1) is 0 Å². The smallest absolute Gasteiger partial charge is 0.123 e. The van der Waals surface area contributed by atoms with Crippen LogP contribution in [0.5, 0.6) is 0 Å². The zero-order chi connectivity index (χ0) is 13.0. The van der Waals surface area contributed by atoms with Gasteiger partial charge in [0.25, 0.3) is 0 Å². The SMILES string of the molecule is CSC1CCCC(NC(C)c2cccc(F)c2)C1. The molecule has 0 aliphatic heterocycles. The normalized spacial score (nSPS) is 25.9. The zero-order valence-corrected chi connectivity index (χ0v) is 12.0. The molecule has 2 rings (SSSR count). The molecule has 3 atom stereocenters. The van der Waals surface area contributed by atoms with Crippen molar-refractivity contribution in [2.24, 2.45) is 0 Å². The van der Waals surface area contributed by atoms with E-state index in [1.807, 2.05) is 17.8 Å². The van der Waals surface area contributed by atoms with Crippen LogP contribution in [0.2, 0.25) is 0 Å². The summed E-state index contributed by atoms with van der Waals surface area (Å²) >= 11 is 1.97. The van der Waals surface area contributed by atoms with Gasteiger partial charge in [-0.1, -0.05) is 18.6 Å². The molecule has 0 amide bonds. The van der Waals surface area contributed by atoms with Crippen LogP contribution in [0.1, 0.15) is 44.2 Å². The molecule has 0 radical (unpaired) electrons. The molecule has 0 aromatic heterocycles. The predicted molar refractivity (Wildman–Crippen MR) is 77.5 cm³/mol. The highest BCUT2D eigenvalue weighted by atomic mass is 32.2. The topological polar surface area (TPSA) is 12.0 Å². The first-order chi connectivity index (χ1) is 8.69. The molecule has 0 bridgehead atoms. The van der Waals surface area contributed by atoms with Crippen LogP contribution in [-0.2, 0) is 0 Å². The lowest BCUT2D eigenvalue weighted by Crippen LogP contribution is -2.36. The Bertz CT molecular complexity index is 383. The number of hydrogen-bond donors (Lipinski definition) is 1. The van der Waals surface area contributed by atoms with Gasteiger partial charge in [0.05, 0.1) is 0 Å². The van der Waals surface area contributed by atoms with Gasteiger partial charge in [-0.05, 0) is 50.1 Å². The second-order valence-corrected chi connectivity index (χ2v) is 6.30. The molecule has 0 heterocycles. The van der Waals surface area contributed by atoms with E-state index in [-0.39, 0.29) is 11.9 Å². The van der Waals surface area contributed by atoms with E-state index in [1.165, 1.54) is 31.7 Å². The quantitative estimate of drug-likeness (QED) is 0.879. The number of benzene rings is 1. The van der Waals surface area contributed by atoms with E-state index in [0.29, 0.717) is 6.04 Å². The minimum Gasteiger partial charge on any atom is -0.307 e. The van der Waals surface area contributed by atoms with Gasteiger partial charge in [0.1, 0.15) is 5.82 Å². The summed E-state index contributed by atoms with van der Waals surface area (Å²) in [5, 5.41) is 4.43. The minimum atomic E-state index is -0.146. The van der Waals surface area contributed by atoms with Gasteiger partial charge in [0, 0.05) is 17.3 Å². The summed E-state index contributed by atoms with van der Waals surface area (Å²) in [7, 11) is 0. The van der Waals surface area contributed by atoms with Crippen molar-refractivity contribution in [3.05, 3.63) is 35.6 Å². The summed E-state index contributed by atoms with van der Waals surface area (Å²) < 4.78 is 13.2. The lowest BCUT2D eigenvalue weighted by molar-refractivity contribution is 0.353. The minimum absolute atomic E-state index is 0.146. The average molecular weight is 267 g/mol. The van der Waals surface area contributed by atoms with Crippen molar-refractivity contribution in [2.75, 3.05) is 6.26 Å². The van der Waals surface area contributed by atoms with E-state index < -0.39 is 0 Å². The van der Waals surface area contributed by atoms with Crippen LogP contribution < -0.4 is 5.32 Å². The maximum atomic E-state index is 13.2. The van der Waals surface area contributed by atoms with Gasteiger partial charge in [-0.3, -0.25) is 0 Å². The van der Waals surface area contributed by atoms with Gasteiger partial charge < -0.3 is 5.32 Å². The Morgan fingerprint density at radius 2 is 2.22 bits per heavy atom. The standard InChI is InChI=1S/C15H22FNS/c1-11(12-5-3-6-13(16)9-12)17-14-7-4-8-15(10-14)18-2/h3,5-6,9,11,14-15,17H,4,7-8,10H2,1-2H3. The van der Waals surface area contributed by atoms with Gasteiger partial charge >= 0.3 is 0 Å². The lowest BCUT2D eigenvalue weighted by atomic mass is 9.93. The van der Waals surface area contributed by atoms with E-state index in [4.69, 9.17) is 0 Å². The van der Waals surface area contributed by atoms with Crippen molar-refractivity contribution in [1.82, 2.24) is 5.32 Å². The maximum absolute atomic E-state index is 13.2. The van der Waals surface area contributed by atoms with Crippen molar-refractivity contribution < 1.29 is 4.39 Å². The Labute approximate surface area is 114 Å². The molecule has 1 fully saturated rings. The summed E-state index contributed by atoms with van der Waals surface area (Å²) in [6, 6.07) is 7.72. The first kappa shape index (κ1) is 13.9. The predicted octanol–water partition coefficient (Wildman–Crippen LogP) is 4.15. The molecular weight excluding hydrogens is 245 g/mol. The van der Waals surface area contributed by atoms with Crippen LogP contribution >= 0.6 is 11.8 Å². The number of thioether (sulfide) groups is 1. The fourth-order valence-corrected chi connectivity index (χ4v) is 3.56. The first-order valence-corrected chi connectivity index (χ1v) is 8.02. The molecule has 1 aliphatic rings. The highest BCUT2D eigenvalue weighted by molar-refractivity contribution is 7.99. The Kier molecular flexibility index (Phi) is 5.07. The van der Waals surface area contributed by atoms with Crippen molar-refractivity contribution in [3.8, 4) is 0 Å². The molecule has 0 saturated heterocycles. The second-order valence-electron chi connectivity index (χ2n) is 5.16. The molecule has 1 aliphatic carbocycles. The molecule has 18 heavy (non-hydrogen) atoms. The maximum Gasteiger partial charge on any atom is 0.123 e. The van der Waals surface area contributed by atoms with Crippen molar-refractivity contribution >= 4 is 11.8 Å². The summed E-state index contributed by atoms with van der Waals surface area (Å²) in [5.41, 5.74) is 1.04. The zero-order valence-electron chi connectivity index (χ0n) is 11.2. The fourth-order valence-electron chi connectivity index (χ4n) is 2.74. The molecule has 100 valence electrons. The van der Waals surface area contributed by atoms with Crippen LogP contribution in [-0.4, -0.2) is 17.5 Å². The Hall–Kier alpha value is -0.540. The largest absolute Gasteiger partial charge is 0.307 e. The van der Waals surface area contributed by atoms with E-state index in [0.717, 1.165) is 10.8 Å². The summed E-state index contributed by atoms with van der Waals surface area (Å²) in [6.07, 6.45) is 7.33. The third-order valence-electron chi connectivity index (χ3n) is 3.79. The number of halogens is 1. The molecule has 3 unspecified atom stereocenters. The number of rotatable bonds is 4. The molecule has 1 nitrogen and oxygen atoms in total. The second kappa shape index (κ2) is 6.58. The molecule has 3 heteroatoms. The van der Waals surface area contributed by atoms with E-state index in [9.17, 15) is 4.39 Å². The van der Waals surface area contributed by atoms with Crippen LogP contribution in [0.25, 0.3) is 0 Å². The van der Waals surface area contributed by atoms with Gasteiger partial charge in [0.2, 0.25) is 0 Å². The van der Waals surface area contributed by atoms with Crippen LogP contribution in [0.4, 0.5) is 4.39 Å². The molecule has 1 aromatic carbocycles. The van der Waals surface area contributed by atoms with Gasteiger partial charge in [-0.2, -0.15) is 11.8 Å². The molecule has 0 spiro atoms. The Morgan fingerprint density at radius 3 is 2.94 bits per heavy atom.